The average molecular weight is 271 g/mol. The van der Waals surface area contributed by atoms with E-state index in [9.17, 15) is 9.59 Å². The summed E-state index contributed by atoms with van der Waals surface area (Å²) in [5.74, 6) is -0.884. The number of carboxylic acid groups (broad SMARTS) is 1. The van der Waals surface area contributed by atoms with Crippen LogP contribution in [0, 0.1) is 0 Å². The Morgan fingerprint density at radius 3 is 2.05 bits per heavy atom. The lowest BCUT2D eigenvalue weighted by atomic mass is 10.1. The van der Waals surface area contributed by atoms with Crippen LogP contribution >= 0.6 is 0 Å². The van der Waals surface area contributed by atoms with Crippen molar-refractivity contribution in [3.05, 3.63) is 0 Å². The van der Waals surface area contributed by atoms with Gasteiger partial charge in [0.25, 0.3) is 0 Å². The Balaban J connectivity index is 2.58. The minimum absolute atomic E-state index is 0.0178. The van der Waals surface area contributed by atoms with Crippen molar-refractivity contribution < 1.29 is 14.7 Å². The maximum atomic E-state index is 12.2. The smallest absolute Gasteiger partial charge is 0.317 e. The Kier molecular flexibility index (Phi) is 5.31. The molecule has 1 heterocycles. The Morgan fingerprint density at radius 2 is 1.63 bits per heavy atom. The number of carbonyl (C=O) groups excluding carboxylic acids is 1. The average Bonchev–Trinajstić information content (AvgIpc) is 2.27. The van der Waals surface area contributed by atoms with Gasteiger partial charge in [0.15, 0.2) is 0 Å². The maximum Gasteiger partial charge on any atom is 0.317 e. The van der Waals surface area contributed by atoms with Gasteiger partial charge in [-0.3, -0.25) is 14.5 Å². The Hall–Kier alpha value is -1.14. The van der Waals surface area contributed by atoms with Gasteiger partial charge in [0.05, 0.1) is 13.1 Å². The number of amides is 1. The van der Waals surface area contributed by atoms with Crippen LogP contribution in [0.5, 0.6) is 0 Å². The van der Waals surface area contributed by atoms with Gasteiger partial charge >= 0.3 is 5.97 Å². The minimum atomic E-state index is -0.902. The van der Waals surface area contributed by atoms with Crippen molar-refractivity contribution in [2.24, 2.45) is 0 Å². The lowest BCUT2D eigenvalue weighted by molar-refractivity contribution is -0.142. The van der Waals surface area contributed by atoms with Gasteiger partial charge in [-0.25, -0.2) is 0 Å². The molecule has 19 heavy (non-hydrogen) atoms. The Labute approximate surface area is 115 Å². The molecule has 0 atom stereocenters. The summed E-state index contributed by atoms with van der Waals surface area (Å²) in [7, 11) is 2.04. The van der Waals surface area contributed by atoms with Crippen molar-refractivity contribution in [1.29, 1.82) is 0 Å². The molecule has 0 radical (unpaired) electrons. The molecule has 6 nitrogen and oxygen atoms in total. The van der Waals surface area contributed by atoms with Crippen molar-refractivity contribution in [2.45, 2.75) is 26.3 Å². The Morgan fingerprint density at radius 1 is 1.11 bits per heavy atom. The van der Waals surface area contributed by atoms with Gasteiger partial charge in [-0.15, -0.1) is 0 Å². The highest BCUT2D eigenvalue weighted by Crippen LogP contribution is 2.13. The SMILES string of the molecule is CN1CCN(C(=O)CN(CC(=O)O)C(C)(C)C)CC1. The summed E-state index contributed by atoms with van der Waals surface area (Å²) < 4.78 is 0. The van der Waals surface area contributed by atoms with Crippen LogP contribution in [0.4, 0.5) is 0 Å². The van der Waals surface area contributed by atoms with E-state index in [-0.39, 0.29) is 24.5 Å². The molecule has 0 bridgehead atoms. The van der Waals surface area contributed by atoms with Crippen LogP contribution in [0.2, 0.25) is 0 Å². The molecule has 1 saturated heterocycles. The molecule has 1 N–H and O–H groups in total. The lowest BCUT2D eigenvalue weighted by Gasteiger charge is -2.37. The van der Waals surface area contributed by atoms with Gasteiger partial charge in [-0.05, 0) is 27.8 Å². The zero-order valence-corrected chi connectivity index (χ0v) is 12.3. The molecule has 1 aliphatic rings. The van der Waals surface area contributed by atoms with E-state index in [1.807, 2.05) is 32.7 Å². The molecular formula is C13H25N3O3. The molecule has 0 aromatic rings. The van der Waals surface area contributed by atoms with Gasteiger partial charge in [0, 0.05) is 31.7 Å². The van der Waals surface area contributed by atoms with E-state index in [0.717, 1.165) is 26.2 Å². The normalized spacial score (nSPS) is 17.8. The topological polar surface area (TPSA) is 64.1 Å². The first-order valence-corrected chi connectivity index (χ1v) is 6.63. The fourth-order valence-corrected chi connectivity index (χ4v) is 2.01. The number of carbonyl (C=O) groups is 2. The molecule has 0 unspecified atom stereocenters. The molecule has 110 valence electrons. The summed E-state index contributed by atoms with van der Waals surface area (Å²) in [6.45, 7) is 9.03. The van der Waals surface area contributed by atoms with Gasteiger partial charge < -0.3 is 14.9 Å². The van der Waals surface area contributed by atoms with Crippen molar-refractivity contribution in [3.63, 3.8) is 0 Å². The number of carboxylic acids is 1. The summed E-state index contributed by atoms with van der Waals surface area (Å²) in [6, 6.07) is 0. The fourth-order valence-electron chi connectivity index (χ4n) is 2.01. The highest BCUT2D eigenvalue weighted by Gasteiger charge is 2.28. The first-order valence-electron chi connectivity index (χ1n) is 6.63. The van der Waals surface area contributed by atoms with Gasteiger partial charge in [0.2, 0.25) is 5.91 Å². The molecule has 0 spiro atoms. The Bertz CT molecular complexity index is 331. The van der Waals surface area contributed by atoms with Crippen molar-refractivity contribution in [1.82, 2.24) is 14.7 Å². The van der Waals surface area contributed by atoms with Crippen LogP contribution in [0.3, 0.4) is 0 Å². The summed E-state index contributed by atoms with van der Waals surface area (Å²) in [4.78, 5) is 28.8. The summed E-state index contributed by atoms with van der Waals surface area (Å²) in [6.07, 6.45) is 0. The van der Waals surface area contributed by atoms with Crippen LogP contribution in [0.25, 0.3) is 0 Å². The van der Waals surface area contributed by atoms with Crippen LogP contribution in [-0.4, -0.2) is 83.5 Å². The standard InChI is InChI=1S/C13H25N3O3/c1-13(2,3)16(10-12(18)19)9-11(17)15-7-5-14(4)6-8-15/h5-10H2,1-4H3,(H,18,19). The molecule has 0 saturated carbocycles. The largest absolute Gasteiger partial charge is 0.480 e. The van der Waals surface area contributed by atoms with Gasteiger partial charge in [-0.1, -0.05) is 0 Å². The van der Waals surface area contributed by atoms with Crippen LogP contribution in [0.1, 0.15) is 20.8 Å². The summed E-state index contributed by atoms with van der Waals surface area (Å²) in [5.41, 5.74) is -0.333. The number of hydrogen-bond donors (Lipinski definition) is 1. The first kappa shape index (κ1) is 15.9. The van der Waals surface area contributed by atoms with E-state index >= 15 is 0 Å². The van der Waals surface area contributed by atoms with Crippen LogP contribution in [0.15, 0.2) is 0 Å². The van der Waals surface area contributed by atoms with E-state index in [4.69, 9.17) is 5.11 Å². The zero-order chi connectivity index (χ0) is 14.6. The highest BCUT2D eigenvalue weighted by molar-refractivity contribution is 5.79. The molecular weight excluding hydrogens is 246 g/mol. The maximum absolute atomic E-state index is 12.2. The predicted octanol–water partition coefficient (Wildman–Crippen LogP) is -0.0545. The van der Waals surface area contributed by atoms with E-state index in [1.54, 1.807) is 4.90 Å². The number of piperazine rings is 1. The molecule has 1 amide bonds. The van der Waals surface area contributed by atoms with Gasteiger partial charge in [0.1, 0.15) is 0 Å². The molecule has 0 aliphatic carbocycles. The summed E-state index contributed by atoms with van der Waals surface area (Å²) in [5, 5.41) is 8.93. The third kappa shape index (κ3) is 5.16. The summed E-state index contributed by atoms with van der Waals surface area (Å²) >= 11 is 0. The second-order valence-corrected chi connectivity index (χ2v) is 6.10. The number of hydrogen-bond acceptors (Lipinski definition) is 4. The number of aliphatic carboxylic acids is 1. The number of rotatable bonds is 4. The fraction of sp³-hybridized carbons (Fsp3) is 0.846. The first-order chi connectivity index (χ1) is 8.70. The second kappa shape index (κ2) is 6.34. The van der Waals surface area contributed by atoms with Crippen molar-refractivity contribution in [3.8, 4) is 0 Å². The third-order valence-corrected chi connectivity index (χ3v) is 3.46. The molecule has 6 heteroatoms. The van der Waals surface area contributed by atoms with E-state index in [1.165, 1.54) is 0 Å². The van der Waals surface area contributed by atoms with E-state index in [2.05, 4.69) is 4.90 Å². The molecule has 0 aromatic heterocycles. The second-order valence-electron chi connectivity index (χ2n) is 6.10. The van der Waals surface area contributed by atoms with Crippen molar-refractivity contribution in [2.75, 3.05) is 46.3 Å². The van der Waals surface area contributed by atoms with E-state index < -0.39 is 5.97 Å². The van der Waals surface area contributed by atoms with Crippen molar-refractivity contribution >= 4 is 11.9 Å². The molecule has 1 aliphatic heterocycles. The minimum Gasteiger partial charge on any atom is -0.480 e. The number of nitrogens with zero attached hydrogens (tertiary/aromatic N) is 3. The molecule has 0 aromatic carbocycles. The van der Waals surface area contributed by atoms with Crippen LogP contribution < -0.4 is 0 Å². The quantitative estimate of drug-likeness (QED) is 0.776. The van der Waals surface area contributed by atoms with E-state index in [0.29, 0.717) is 0 Å². The molecule has 1 fully saturated rings. The highest BCUT2D eigenvalue weighted by atomic mass is 16.4. The number of likely N-dealkylation sites (N-methyl/N-ethyl adjacent to an activating group) is 1. The monoisotopic (exact) mass is 271 g/mol. The van der Waals surface area contributed by atoms with Crippen LogP contribution in [-0.2, 0) is 9.59 Å². The predicted molar refractivity (Wildman–Crippen MR) is 73.0 cm³/mol. The lowest BCUT2D eigenvalue weighted by Crippen LogP contribution is -2.53. The molecule has 1 rings (SSSR count). The van der Waals surface area contributed by atoms with Gasteiger partial charge in [-0.2, -0.15) is 0 Å². The zero-order valence-electron chi connectivity index (χ0n) is 12.3. The third-order valence-electron chi connectivity index (χ3n) is 3.46.